The number of nitrogens with zero attached hydrogens (tertiary/aromatic N) is 2. The predicted molar refractivity (Wildman–Crippen MR) is 112 cm³/mol. The minimum absolute atomic E-state index is 0.0697. The molecule has 0 spiro atoms. The molecule has 2 heterocycles. The summed E-state index contributed by atoms with van der Waals surface area (Å²) in [6.45, 7) is 0.0697. The van der Waals surface area contributed by atoms with Crippen LogP contribution in [0.25, 0.3) is 0 Å². The first-order valence-electron chi connectivity index (χ1n) is 9.01. The van der Waals surface area contributed by atoms with Crippen LogP contribution >= 0.6 is 11.6 Å². The van der Waals surface area contributed by atoms with Crippen molar-refractivity contribution in [1.29, 1.82) is 0 Å². The summed E-state index contributed by atoms with van der Waals surface area (Å²) in [5.74, 6) is -2.73. The van der Waals surface area contributed by atoms with Crippen LogP contribution < -0.4 is 16.4 Å². The van der Waals surface area contributed by atoms with Crippen molar-refractivity contribution in [2.45, 2.75) is 6.54 Å². The molecule has 0 bridgehead atoms. The fraction of sp³-hybridized carbons (Fsp3) is 0.0500. The number of imidazole rings is 1. The van der Waals surface area contributed by atoms with Crippen molar-refractivity contribution in [3.8, 4) is 0 Å². The molecule has 5 N–H and O–H groups in total. The first-order valence-corrected chi connectivity index (χ1v) is 9.39. The van der Waals surface area contributed by atoms with Gasteiger partial charge < -0.3 is 16.0 Å². The number of hydrogen-bond acceptors (Lipinski definition) is 5. The number of benzene rings is 2. The quantitative estimate of drug-likeness (QED) is 0.461. The molecule has 10 nitrogen and oxygen atoms in total. The molecule has 156 valence electrons. The summed E-state index contributed by atoms with van der Waals surface area (Å²) in [6, 6.07) is 12.4. The highest BCUT2D eigenvalue weighted by molar-refractivity contribution is 6.30. The number of rotatable bonds is 4. The number of halogens is 1. The second-order valence-electron chi connectivity index (χ2n) is 6.61. The van der Waals surface area contributed by atoms with E-state index in [4.69, 9.17) is 17.3 Å². The molecule has 0 atom stereocenters. The fourth-order valence-corrected chi connectivity index (χ4v) is 3.22. The molecule has 11 heteroatoms. The van der Waals surface area contributed by atoms with Crippen LogP contribution in [0.1, 0.15) is 37.0 Å². The SMILES string of the molecule is NC(=O)c1[nH]c(C(=O)N2Cc3ccccc3C2=O)nc1NC(=O)Nc1ccc(Cl)cc1. The average molecular weight is 439 g/mol. The van der Waals surface area contributed by atoms with Gasteiger partial charge >= 0.3 is 6.03 Å². The number of nitrogens with one attached hydrogen (secondary N) is 3. The van der Waals surface area contributed by atoms with E-state index in [0.717, 1.165) is 4.90 Å². The van der Waals surface area contributed by atoms with Crippen molar-refractivity contribution in [3.05, 3.63) is 76.2 Å². The Hall–Kier alpha value is -4.18. The summed E-state index contributed by atoms with van der Waals surface area (Å²) in [5, 5.41) is 5.40. The van der Waals surface area contributed by atoms with Crippen LogP contribution in [0.4, 0.5) is 16.3 Å². The lowest BCUT2D eigenvalue weighted by Gasteiger charge is -2.11. The number of fused-ring (bicyclic) bond motifs is 1. The number of aromatic amines is 1. The van der Waals surface area contributed by atoms with Gasteiger partial charge in [0.1, 0.15) is 5.69 Å². The van der Waals surface area contributed by atoms with Crippen LogP contribution in [0.3, 0.4) is 0 Å². The number of urea groups is 1. The van der Waals surface area contributed by atoms with Gasteiger partial charge in [0.2, 0.25) is 0 Å². The summed E-state index contributed by atoms with van der Waals surface area (Å²) in [5.41, 5.74) is 6.61. The first kappa shape index (κ1) is 20.1. The zero-order valence-corrected chi connectivity index (χ0v) is 16.6. The number of H-pyrrole nitrogens is 1. The number of aromatic nitrogens is 2. The summed E-state index contributed by atoms with van der Waals surface area (Å²) >= 11 is 5.81. The standard InChI is InChI=1S/C20H15ClN6O4/c21-11-5-7-12(8-6-11)23-20(31)26-16-14(15(22)28)24-17(25-16)19(30)27-9-10-3-1-2-4-13(10)18(27)29/h1-8H,9H2,(H2,22,28)(H,24,25)(H2,23,26,31). The first-order chi connectivity index (χ1) is 14.8. The Kier molecular flexibility index (Phi) is 5.14. The summed E-state index contributed by atoms with van der Waals surface area (Å²) in [4.78, 5) is 56.9. The van der Waals surface area contributed by atoms with Gasteiger partial charge in [-0.2, -0.15) is 0 Å². The van der Waals surface area contributed by atoms with Crippen LogP contribution in [0.5, 0.6) is 0 Å². The Balaban J connectivity index is 1.54. The topological polar surface area (TPSA) is 150 Å². The van der Waals surface area contributed by atoms with Gasteiger partial charge in [-0.25, -0.2) is 9.78 Å². The maximum atomic E-state index is 12.8. The Morgan fingerprint density at radius 1 is 1.06 bits per heavy atom. The number of imide groups is 1. The van der Waals surface area contributed by atoms with E-state index in [2.05, 4.69) is 20.6 Å². The van der Waals surface area contributed by atoms with E-state index in [1.807, 2.05) is 0 Å². The van der Waals surface area contributed by atoms with Crippen molar-refractivity contribution >= 4 is 46.9 Å². The van der Waals surface area contributed by atoms with Crippen LogP contribution in [0.2, 0.25) is 5.02 Å². The van der Waals surface area contributed by atoms with Crippen LogP contribution in [-0.2, 0) is 6.54 Å². The van der Waals surface area contributed by atoms with Gasteiger partial charge in [-0.1, -0.05) is 29.8 Å². The Bertz CT molecular complexity index is 1220. The second-order valence-corrected chi connectivity index (χ2v) is 7.05. The normalized spacial score (nSPS) is 12.4. The average Bonchev–Trinajstić information content (AvgIpc) is 3.31. The third-order valence-corrected chi connectivity index (χ3v) is 4.81. The summed E-state index contributed by atoms with van der Waals surface area (Å²) < 4.78 is 0. The highest BCUT2D eigenvalue weighted by Gasteiger charge is 2.34. The van der Waals surface area contributed by atoms with Gasteiger partial charge in [0.15, 0.2) is 11.6 Å². The van der Waals surface area contributed by atoms with Gasteiger partial charge in [0.05, 0.1) is 6.54 Å². The molecule has 0 fully saturated rings. The van der Waals surface area contributed by atoms with E-state index in [-0.39, 0.29) is 23.9 Å². The van der Waals surface area contributed by atoms with Crippen molar-refractivity contribution in [3.63, 3.8) is 0 Å². The molecule has 1 aliphatic rings. The van der Waals surface area contributed by atoms with Gasteiger partial charge in [-0.3, -0.25) is 24.6 Å². The molecule has 31 heavy (non-hydrogen) atoms. The maximum Gasteiger partial charge on any atom is 0.324 e. The molecular formula is C20H15ClN6O4. The molecular weight excluding hydrogens is 424 g/mol. The van der Waals surface area contributed by atoms with E-state index < -0.39 is 23.8 Å². The molecule has 1 aromatic heterocycles. The van der Waals surface area contributed by atoms with Crippen molar-refractivity contribution in [2.24, 2.45) is 5.73 Å². The summed E-state index contributed by atoms with van der Waals surface area (Å²) in [7, 11) is 0. The Morgan fingerprint density at radius 2 is 1.77 bits per heavy atom. The molecule has 5 amide bonds. The molecule has 0 aliphatic carbocycles. The fourth-order valence-electron chi connectivity index (χ4n) is 3.09. The lowest BCUT2D eigenvalue weighted by molar-refractivity contribution is 0.0624. The van der Waals surface area contributed by atoms with Crippen LogP contribution in [-0.4, -0.2) is 38.6 Å². The second kappa shape index (κ2) is 7.92. The Morgan fingerprint density at radius 3 is 2.45 bits per heavy atom. The predicted octanol–water partition coefficient (Wildman–Crippen LogP) is 2.60. The van der Waals surface area contributed by atoms with Gasteiger partial charge in [0, 0.05) is 16.3 Å². The molecule has 3 aromatic rings. The van der Waals surface area contributed by atoms with E-state index in [1.54, 1.807) is 48.5 Å². The van der Waals surface area contributed by atoms with Crippen molar-refractivity contribution < 1.29 is 19.2 Å². The van der Waals surface area contributed by atoms with Crippen LogP contribution in [0.15, 0.2) is 48.5 Å². The van der Waals surface area contributed by atoms with Crippen molar-refractivity contribution in [2.75, 3.05) is 10.6 Å². The highest BCUT2D eigenvalue weighted by Crippen LogP contribution is 2.24. The Labute approximate surface area is 180 Å². The largest absolute Gasteiger partial charge is 0.364 e. The number of carbonyl (C=O) groups excluding carboxylic acids is 4. The number of anilines is 2. The lowest BCUT2D eigenvalue weighted by atomic mass is 10.1. The van der Waals surface area contributed by atoms with Crippen molar-refractivity contribution in [1.82, 2.24) is 14.9 Å². The molecule has 0 radical (unpaired) electrons. The monoisotopic (exact) mass is 438 g/mol. The zero-order chi connectivity index (χ0) is 22.1. The van der Waals surface area contributed by atoms with E-state index in [1.165, 1.54) is 0 Å². The maximum absolute atomic E-state index is 12.8. The highest BCUT2D eigenvalue weighted by atomic mass is 35.5. The number of amides is 5. The minimum Gasteiger partial charge on any atom is -0.364 e. The number of nitrogens with two attached hydrogens (primary N) is 1. The minimum atomic E-state index is -0.940. The van der Waals surface area contributed by atoms with Gasteiger partial charge in [-0.05, 0) is 35.9 Å². The zero-order valence-electron chi connectivity index (χ0n) is 15.8. The van der Waals surface area contributed by atoms with Gasteiger partial charge in [-0.15, -0.1) is 0 Å². The number of hydrogen-bond donors (Lipinski definition) is 4. The molecule has 4 rings (SSSR count). The summed E-state index contributed by atoms with van der Waals surface area (Å²) in [6.07, 6.45) is 0. The van der Waals surface area contributed by atoms with E-state index >= 15 is 0 Å². The van der Waals surface area contributed by atoms with E-state index in [0.29, 0.717) is 21.8 Å². The van der Waals surface area contributed by atoms with Crippen LogP contribution in [0, 0.1) is 0 Å². The molecule has 1 aliphatic heterocycles. The number of primary amides is 1. The number of carbonyl (C=O) groups is 4. The third-order valence-electron chi connectivity index (χ3n) is 4.55. The molecule has 0 saturated heterocycles. The molecule has 2 aromatic carbocycles. The van der Waals surface area contributed by atoms with E-state index in [9.17, 15) is 19.2 Å². The third kappa shape index (κ3) is 3.96. The molecule has 0 saturated carbocycles. The lowest BCUT2D eigenvalue weighted by Crippen LogP contribution is -2.32. The van der Waals surface area contributed by atoms with Gasteiger partial charge in [0.25, 0.3) is 17.7 Å². The molecule has 0 unspecified atom stereocenters. The smallest absolute Gasteiger partial charge is 0.324 e.